The standard InChI is InChI=1S/C13H16N4OS/c1-9(12(14)18)19-13-16-15-10(2)17(13)8-11-6-4-3-5-7-11/h3-7,9H,8H2,1-2H3,(H2,14,18). The van der Waals surface area contributed by atoms with Gasteiger partial charge in [0.1, 0.15) is 5.82 Å². The molecule has 0 fully saturated rings. The number of carbonyl (C=O) groups is 1. The van der Waals surface area contributed by atoms with E-state index in [1.165, 1.54) is 17.3 Å². The zero-order valence-corrected chi connectivity index (χ0v) is 11.7. The number of hydrogen-bond donors (Lipinski definition) is 1. The first-order chi connectivity index (χ1) is 9.08. The molecular weight excluding hydrogens is 260 g/mol. The highest BCUT2D eigenvalue weighted by Gasteiger charge is 2.16. The molecule has 0 saturated carbocycles. The van der Waals surface area contributed by atoms with Gasteiger partial charge in [-0.15, -0.1) is 10.2 Å². The largest absolute Gasteiger partial charge is 0.369 e. The number of hydrogen-bond acceptors (Lipinski definition) is 4. The Hall–Kier alpha value is -1.82. The van der Waals surface area contributed by atoms with Crippen molar-refractivity contribution in [3.05, 3.63) is 41.7 Å². The second-order valence-electron chi connectivity index (χ2n) is 4.26. The molecule has 1 aromatic carbocycles. The Kier molecular flexibility index (Phi) is 4.21. The number of benzene rings is 1. The minimum atomic E-state index is -0.350. The molecular formula is C13H16N4OS. The lowest BCUT2D eigenvalue weighted by Crippen LogP contribution is -2.23. The summed E-state index contributed by atoms with van der Waals surface area (Å²) >= 11 is 1.33. The molecule has 100 valence electrons. The molecule has 1 aromatic heterocycles. The van der Waals surface area contributed by atoms with Crippen LogP contribution >= 0.6 is 11.8 Å². The quantitative estimate of drug-likeness (QED) is 0.842. The van der Waals surface area contributed by atoms with Gasteiger partial charge in [0, 0.05) is 0 Å². The normalized spacial score (nSPS) is 12.3. The topological polar surface area (TPSA) is 73.8 Å². The van der Waals surface area contributed by atoms with Gasteiger partial charge in [-0.05, 0) is 19.4 Å². The van der Waals surface area contributed by atoms with E-state index in [0.717, 1.165) is 5.82 Å². The SMILES string of the molecule is Cc1nnc(SC(C)C(N)=O)n1Cc1ccccc1. The lowest BCUT2D eigenvalue weighted by atomic mass is 10.2. The second kappa shape index (κ2) is 5.88. The van der Waals surface area contributed by atoms with Gasteiger partial charge in [0.2, 0.25) is 5.91 Å². The summed E-state index contributed by atoms with van der Waals surface area (Å²) in [7, 11) is 0. The van der Waals surface area contributed by atoms with Crippen molar-refractivity contribution < 1.29 is 4.79 Å². The Morgan fingerprint density at radius 2 is 2.05 bits per heavy atom. The summed E-state index contributed by atoms with van der Waals surface area (Å²) in [5.41, 5.74) is 6.44. The number of amides is 1. The van der Waals surface area contributed by atoms with E-state index in [4.69, 9.17) is 5.73 Å². The molecule has 0 saturated heterocycles. The van der Waals surface area contributed by atoms with Crippen molar-refractivity contribution in [2.75, 3.05) is 0 Å². The van der Waals surface area contributed by atoms with Crippen molar-refractivity contribution in [2.24, 2.45) is 5.73 Å². The van der Waals surface area contributed by atoms with Crippen LogP contribution in [0.1, 0.15) is 18.3 Å². The maximum atomic E-state index is 11.1. The van der Waals surface area contributed by atoms with E-state index in [9.17, 15) is 4.79 Å². The van der Waals surface area contributed by atoms with Gasteiger partial charge >= 0.3 is 0 Å². The first kappa shape index (κ1) is 13.6. The van der Waals surface area contributed by atoms with Crippen molar-refractivity contribution >= 4 is 17.7 Å². The maximum absolute atomic E-state index is 11.1. The van der Waals surface area contributed by atoms with Crippen LogP contribution in [0.4, 0.5) is 0 Å². The molecule has 5 nitrogen and oxygen atoms in total. The van der Waals surface area contributed by atoms with Crippen molar-refractivity contribution in [1.29, 1.82) is 0 Å². The molecule has 0 spiro atoms. The van der Waals surface area contributed by atoms with Gasteiger partial charge in [-0.1, -0.05) is 42.1 Å². The second-order valence-corrected chi connectivity index (χ2v) is 5.57. The molecule has 0 aliphatic carbocycles. The minimum absolute atomic E-state index is 0.321. The number of nitrogens with two attached hydrogens (primary N) is 1. The third-order valence-electron chi connectivity index (χ3n) is 2.77. The van der Waals surface area contributed by atoms with Crippen LogP contribution in [0.2, 0.25) is 0 Å². The van der Waals surface area contributed by atoms with E-state index in [1.54, 1.807) is 6.92 Å². The van der Waals surface area contributed by atoms with Gasteiger partial charge in [0.05, 0.1) is 11.8 Å². The van der Waals surface area contributed by atoms with Gasteiger partial charge < -0.3 is 10.3 Å². The van der Waals surface area contributed by atoms with Crippen LogP contribution in [-0.4, -0.2) is 25.9 Å². The Balaban J connectivity index is 2.20. The van der Waals surface area contributed by atoms with Gasteiger partial charge in [0.15, 0.2) is 5.16 Å². The molecule has 6 heteroatoms. The summed E-state index contributed by atoms with van der Waals surface area (Å²) in [5, 5.41) is 8.56. The van der Waals surface area contributed by atoms with E-state index in [2.05, 4.69) is 10.2 Å². The van der Waals surface area contributed by atoms with Crippen molar-refractivity contribution in [3.63, 3.8) is 0 Å². The predicted octanol–water partition coefficient (Wildman–Crippen LogP) is 1.60. The van der Waals surface area contributed by atoms with Gasteiger partial charge in [0.25, 0.3) is 0 Å². The molecule has 0 aliphatic rings. The number of aromatic nitrogens is 3. The third-order valence-corrected chi connectivity index (χ3v) is 3.87. The van der Waals surface area contributed by atoms with E-state index < -0.39 is 0 Å². The molecule has 0 bridgehead atoms. The Labute approximate surface area is 116 Å². The molecule has 2 rings (SSSR count). The first-order valence-electron chi connectivity index (χ1n) is 5.97. The summed E-state index contributed by atoms with van der Waals surface area (Å²) in [5.74, 6) is 0.472. The number of carbonyl (C=O) groups excluding carboxylic acids is 1. The highest BCUT2D eigenvalue weighted by atomic mass is 32.2. The van der Waals surface area contributed by atoms with Crippen LogP contribution in [0.5, 0.6) is 0 Å². The van der Waals surface area contributed by atoms with Crippen LogP contribution in [0.15, 0.2) is 35.5 Å². The molecule has 2 N–H and O–H groups in total. The van der Waals surface area contributed by atoms with Gasteiger partial charge in [-0.25, -0.2) is 0 Å². The lowest BCUT2D eigenvalue weighted by Gasteiger charge is -2.10. The maximum Gasteiger partial charge on any atom is 0.230 e. The van der Waals surface area contributed by atoms with Crippen molar-refractivity contribution in [1.82, 2.24) is 14.8 Å². The van der Waals surface area contributed by atoms with Crippen LogP contribution in [-0.2, 0) is 11.3 Å². The fourth-order valence-corrected chi connectivity index (χ4v) is 2.46. The Bertz CT molecular complexity index is 567. The lowest BCUT2D eigenvalue weighted by molar-refractivity contribution is -0.117. The fraction of sp³-hybridized carbons (Fsp3) is 0.308. The Morgan fingerprint density at radius 1 is 1.37 bits per heavy atom. The van der Waals surface area contributed by atoms with Gasteiger partial charge in [-0.3, -0.25) is 4.79 Å². The zero-order chi connectivity index (χ0) is 13.8. The molecule has 1 atom stereocenters. The van der Waals surface area contributed by atoms with Crippen LogP contribution in [0.3, 0.4) is 0 Å². The minimum Gasteiger partial charge on any atom is -0.369 e. The van der Waals surface area contributed by atoms with Crippen LogP contribution in [0, 0.1) is 6.92 Å². The van der Waals surface area contributed by atoms with Crippen LogP contribution < -0.4 is 5.73 Å². The summed E-state index contributed by atoms with van der Waals surface area (Å²) in [4.78, 5) is 11.1. The molecule has 1 unspecified atom stereocenters. The van der Waals surface area contributed by atoms with E-state index in [1.807, 2.05) is 41.8 Å². The number of nitrogens with zero attached hydrogens (tertiary/aromatic N) is 3. The molecule has 2 aromatic rings. The summed E-state index contributed by atoms with van der Waals surface area (Å²) in [6.07, 6.45) is 0. The summed E-state index contributed by atoms with van der Waals surface area (Å²) in [6.45, 7) is 4.35. The molecule has 1 heterocycles. The monoisotopic (exact) mass is 276 g/mol. The zero-order valence-electron chi connectivity index (χ0n) is 10.9. The highest BCUT2D eigenvalue weighted by Crippen LogP contribution is 2.22. The molecule has 0 aliphatic heterocycles. The smallest absolute Gasteiger partial charge is 0.230 e. The number of aryl methyl sites for hydroxylation is 1. The first-order valence-corrected chi connectivity index (χ1v) is 6.85. The molecule has 19 heavy (non-hydrogen) atoms. The average Bonchev–Trinajstić information content (AvgIpc) is 2.72. The number of thioether (sulfide) groups is 1. The third kappa shape index (κ3) is 3.35. The number of rotatable bonds is 5. The van der Waals surface area contributed by atoms with E-state index in [-0.39, 0.29) is 11.2 Å². The van der Waals surface area contributed by atoms with Crippen LogP contribution in [0.25, 0.3) is 0 Å². The highest BCUT2D eigenvalue weighted by molar-refractivity contribution is 8.00. The fourth-order valence-electron chi connectivity index (χ4n) is 1.61. The molecule has 1 amide bonds. The summed E-state index contributed by atoms with van der Waals surface area (Å²) in [6, 6.07) is 10.1. The number of primary amides is 1. The Morgan fingerprint density at radius 3 is 2.68 bits per heavy atom. The molecule has 0 radical (unpaired) electrons. The predicted molar refractivity (Wildman–Crippen MR) is 74.8 cm³/mol. The van der Waals surface area contributed by atoms with E-state index >= 15 is 0 Å². The summed E-state index contributed by atoms with van der Waals surface area (Å²) < 4.78 is 1.99. The van der Waals surface area contributed by atoms with Crippen molar-refractivity contribution in [2.45, 2.75) is 30.8 Å². The average molecular weight is 276 g/mol. The van der Waals surface area contributed by atoms with E-state index in [0.29, 0.717) is 11.7 Å². The van der Waals surface area contributed by atoms with Crippen molar-refractivity contribution in [3.8, 4) is 0 Å². The van der Waals surface area contributed by atoms with Gasteiger partial charge in [-0.2, -0.15) is 0 Å².